The molecule has 112 valence electrons. The summed E-state index contributed by atoms with van der Waals surface area (Å²) in [5.41, 5.74) is 1.16. The van der Waals surface area contributed by atoms with Crippen molar-refractivity contribution in [1.29, 1.82) is 0 Å². The molecule has 0 bridgehead atoms. The predicted molar refractivity (Wildman–Crippen MR) is 90.4 cm³/mol. The van der Waals surface area contributed by atoms with Gasteiger partial charge in [0.05, 0.1) is 6.61 Å². The molecule has 0 amide bonds. The lowest BCUT2D eigenvalue weighted by Crippen LogP contribution is -2.01. The molecule has 0 unspecified atom stereocenters. The Kier molecular flexibility index (Phi) is 7.16. The summed E-state index contributed by atoms with van der Waals surface area (Å²) in [5.74, 6) is 1.63. The van der Waals surface area contributed by atoms with Crippen LogP contribution in [0.4, 0.5) is 0 Å². The first-order valence-corrected chi connectivity index (χ1v) is 8.47. The molecule has 2 rings (SSSR count). The van der Waals surface area contributed by atoms with E-state index < -0.39 is 0 Å². The van der Waals surface area contributed by atoms with Gasteiger partial charge in [0.25, 0.3) is 0 Å². The van der Waals surface area contributed by atoms with Gasteiger partial charge < -0.3 is 9.47 Å². The molecule has 0 spiro atoms. The average molecular weight is 349 g/mol. The van der Waals surface area contributed by atoms with E-state index in [2.05, 4.69) is 28.1 Å². The van der Waals surface area contributed by atoms with Gasteiger partial charge in [0.2, 0.25) is 0 Å². The summed E-state index contributed by atoms with van der Waals surface area (Å²) < 4.78 is 11.7. The van der Waals surface area contributed by atoms with Crippen LogP contribution >= 0.6 is 15.9 Å². The third-order valence-electron chi connectivity index (χ3n) is 3.12. The van der Waals surface area contributed by atoms with Gasteiger partial charge in [-0.1, -0.05) is 58.4 Å². The smallest absolute Gasteiger partial charge is 0.161 e. The lowest BCUT2D eigenvalue weighted by molar-refractivity contribution is 0.258. The first kappa shape index (κ1) is 15.9. The van der Waals surface area contributed by atoms with E-state index in [9.17, 15) is 0 Å². The highest BCUT2D eigenvalue weighted by molar-refractivity contribution is 9.09. The molecule has 0 saturated heterocycles. The summed E-state index contributed by atoms with van der Waals surface area (Å²) in [5, 5.41) is 1.06. The molecule has 0 N–H and O–H groups in total. The van der Waals surface area contributed by atoms with E-state index in [-0.39, 0.29) is 0 Å². The molecule has 3 heteroatoms. The minimum absolute atomic E-state index is 0.560. The number of alkyl halides is 1. The van der Waals surface area contributed by atoms with Crippen LogP contribution in [-0.4, -0.2) is 11.9 Å². The Labute approximate surface area is 135 Å². The standard InChI is InChI=1S/C18H21BrO2/c19-13-7-2-8-14-20-17-11-5-6-12-18(17)21-15-16-9-3-1-4-10-16/h1,3-6,9-12H,2,7-8,13-15H2. The van der Waals surface area contributed by atoms with Crippen molar-refractivity contribution in [3.05, 3.63) is 60.2 Å². The Hall–Kier alpha value is -1.48. The van der Waals surface area contributed by atoms with E-state index in [4.69, 9.17) is 9.47 Å². The van der Waals surface area contributed by atoms with Crippen molar-refractivity contribution in [3.8, 4) is 11.5 Å². The lowest BCUT2D eigenvalue weighted by Gasteiger charge is -2.12. The maximum atomic E-state index is 5.87. The second-order valence-electron chi connectivity index (χ2n) is 4.82. The number of hydrogen-bond acceptors (Lipinski definition) is 2. The van der Waals surface area contributed by atoms with E-state index in [0.29, 0.717) is 6.61 Å². The monoisotopic (exact) mass is 348 g/mol. The van der Waals surface area contributed by atoms with Crippen LogP contribution in [0.25, 0.3) is 0 Å². The minimum atomic E-state index is 0.560. The van der Waals surface area contributed by atoms with Gasteiger partial charge in [0, 0.05) is 5.33 Å². The van der Waals surface area contributed by atoms with E-state index in [1.54, 1.807) is 0 Å². The Bertz CT molecular complexity index is 514. The molecule has 0 radical (unpaired) electrons. The zero-order valence-electron chi connectivity index (χ0n) is 12.1. The van der Waals surface area contributed by atoms with Crippen LogP contribution < -0.4 is 9.47 Å². The highest BCUT2D eigenvalue weighted by Crippen LogP contribution is 2.27. The van der Waals surface area contributed by atoms with Crippen molar-refractivity contribution in [2.45, 2.75) is 25.9 Å². The molecule has 0 atom stereocenters. The fourth-order valence-electron chi connectivity index (χ4n) is 1.98. The van der Waals surface area contributed by atoms with E-state index in [0.717, 1.165) is 35.4 Å². The van der Waals surface area contributed by atoms with Crippen molar-refractivity contribution in [2.24, 2.45) is 0 Å². The Balaban J connectivity index is 1.84. The minimum Gasteiger partial charge on any atom is -0.490 e. The quantitative estimate of drug-likeness (QED) is 0.457. The molecule has 0 aliphatic rings. The number of benzene rings is 2. The van der Waals surface area contributed by atoms with Crippen LogP contribution in [0.2, 0.25) is 0 Å². The van der Waals surface area contributed by atoms with Crippen molar-refractivity contribution in [1.82, 2.24) is 0 Å². The van der Waals surface area contributed by atoms with Crippen molar-refractivity contribution in [3.63, 3.8) is 0 Å². The topological polar surface area (TPSA) is 18.5 Å². The highest BCUT2D eigenvalue weighted by atomic mass is 79.9. The van der Waals surface area contributed by atoms with Gasteiger partial charge >= 0.3 is 0 Å². The molecule has 21 heavy (non-hydrogen) atoms. The normalized spacial score (nSPS) is 10.3. The molecular weight excluding hydrogens is 328 g/mol. The average Bonchev–Trinajstić information content (AvgIpc) is 2.55. The molecule has 2 nitrogen and oxygen atoms in total. The van der Waals surface area contributed by atoms with Gasteiger partial charge in [-0.3, -0.25) is 0 Å². The summed E-state index contributed by atoms with van der Waals surface area (Å²) >= 11 is 3.44. The van der Waals surface area contributed by atoms with Crippen molar-refractivity contribution < 1.29 is 9.47 Å². The van der Waals surface area contributed by atoms with Gasteiger partial charge in [-0.15, -0.1) is 0 Å². The summed E-state index contributed by atoms with van der Waals surface area (Å²) in [7, 11) is 0. The Morgan fingerprint density at radius 3 is 2.10 bits per heavy atom. The number of ether oxygens (including phenoxy) is 2. The van der Waals surface area contributed by atoms with Gasteiger partial charge in [-0.2, -0.15) is 0 Å². The molecule has 0 heterocycles. The SMILES string of the molecule is BrCCCCCOc1ccccc1OCc1ccccc1. The van der Waals surface area contributed by atoms with Crippen molar-refractivity contribution in [2.75, 3.05) is 11.9 Å². The fourth-order valence-corrected chi connectivity index (χ4v) is 2.38. The first-order valence-electron chi connectivity index (χ1n) is 7.34. The molecule has 0 aliphatic heterocycles. The van der Waals surface area contributed by atoms with Crippen LogP contribution in [0.15, 0.2) is 54.6 Å². The number of hydrogen-bond donors (Lipinski definition) is 0. The molecule has 0 fully saturated rings. The summed E-state index contributed by atoms with van der Waals surface area (Å²) in [6, 6.07) is 18.0. The number of para-hydroxylation sites is 2. The third-order valence-corrected chi connectivity index (χ3v) is 3.68. The maximum absolute atomic E-state index is 5.87. The van der Waals surface area contributed by atoms with Gasteiger partial charge in [-0.05, 0) is 37.0 Å². The third kappa shape index (κ3) is 5.80. The van der Waals surface area contributed by atoms with Crippen LogP contribution in [0.5, 0.6) is 11.5 Å². The van der Waals surface area contributed by atoms with E-state index in [1.165, 1.54) is 12.8 Å². The Morgan fingerprint density at radius 2 is 1.38 bits per heavy atom. The second-order valence-corrected chi connectivity index (χ2v) is 5.61. The molecule has 0 aromatic heterocycles. The molecular formula is C18H21BrO2. The fraction of sp³-hybridized carbons (Fsp3) is 0.333. The largest absolute Gasteiger partial charge is 0.490 e. The summed E-state index contributed by atoms with van der Waals surface area (Å²) in [4.78, 5) is 0. The van der Waals surface area contributed by atoms with Gasteiger partial charge in [0.15, 0.2) is 11.5 Å². The second kappa shape index (κ2) is 9.46. The van der Waals surface area contributed by atoms with E-state index in [1.807, 2.05) is 42.5 Å². The van der Waals surface area contributed by atoms with E-state index >= 15 is 0 Å². The molecule has 0 aliphatic carbocycles. The molecule has 0 saturated carbocycles. The van der Waals surface area contributed by atoms with Crippen LogP contribution in [0, 0.1) is 0 Å². The zero-order chi connectivity index (χ0) is 14.8. The predicted octanol–water partition coefficient (Wildman–Crippen LogP) is 5.21. The summed E-state index contributed by atoms with van der Waals surface area (Å²) in [6.07, 6.45) is 3.44. The van der Waals surface area contributed by atoms with Crippen LogP contribution in [0.1, 0.15) is 24.8 Å². The maximum Gasteiger partial charge on any atom is 0.161 e. The zero-order valence-corrected chi connectivity index (χ0v) is 13.7. The van der Waals surface area contributed by atoms with Gasteiger partial charge in [0.1, 0.15) is 6.61 Å². The first-order chi connectivity index (χ1) is 10.4. The Morgan fingerprint density at radius 1 is 0.714 bits per heavy atom. The number of halogens is 1. The summed E-state index contributed by atoms with van der Waals surface area (Å²) in [6.45, 7) is 1.30. The van der Waals surface area contributed by atoms with Crippen molar-refractivity contribution >= 4 is 15.9 Å². The van der Waals surface area contributed by atoms with Crippen LogP contribution in [-0.2, 0) is 6.61 Å². The van der Waals surface area contributed by atoms with Crippen LogP contribution in [0.3, 0.4) is 0 Å². The number of unbranched alkanes of at least 4 members (excludes halogenated alkanes) is 2. The number of rotatable bonds is 9. The lowest BCUT2D eigenvalue weighted by atomic mass is 10.2. The van der Waals surface area contributed by atoms with Gasteiger partial charge in [-0.25, -0.2) is 0 Å². The molecule has 2 aromatic rings. The molecule has 2 aromatic carbocycles. The highest BCUT2D eigenvalue weighted by Gasteiger charge is 2.04.